The number of carbonyl (C=O) groups is 1. The predicted octanol–water partition coefficient (Wildman–Crippen LogP) is 2.56. The van der Waals surface area contributed by atoms with Crippen LogP contribution < -0.4 is 21.8 Å². The SMILES string of the molecule is CC[C@@H](Nc1c(Nc2cccc(C(=O)N3CCOCC3)c2O)c(=O)[nH]n(C)c1=O)c1ccccc1. The maximum atomic E-state index is 13.0. The number of aryl methyl sites for hydroxylation is 1. The molecule has 4 rings (SSSR count). The Morgan fingerprint density at radius 2 is 1.80 bits per heavy atom. The lowest BCUT2D eigenvalue weighted by Crippen LogP contribution is -2.40. The molecule has 1 aliphatic rings. The molecule has 35 heavy (non-hydrogen) atoms. The Kier molecular flexibility index (Phi) is 7.21. The summed E-state index contributed by atoms with van der Waals surface area (Å²) in [7, 11) is 1.46. The highest BCUT2D eigenvalue weighted by molar-refractivity contribution is 5.99. The molecule has 1 atom stereocenters. The number of phenolic OH excluding ortho intramolecular Hbond substituents is 1. The largest absolute Gasteiger partial charge is 0.505 e. The van der Waals surface area contributed by atoms with Gasteiger partial charge in [-0.1, -0.05) is 43.3 Å². The zero-order valence-corrected chi connectivity index (χ0v) is 19.7. The third kappa shape index (κ3) is 5.07. The van der Waals surface area contributed by atoms with Gasteiger partial charge < -0.3 is 25.4 Å². The second kappa shape index (κ2) is 10.5. The van der Waals surface area contributed by atoms with Crippen LogP contribution in [0.1, 0.15) is 35.3 Å². The minimum atomic E-state index is -0.554. The maximum Gasteiger partial charge on any atom is 0.290 e. The van der Waals surface area contributed by atoms with Crippen LogP contribution in [-0.2, 0) is 11.8 Å². The van der Waals surface area contributed by atoms with Gasteiger partial charge in [0.25, 0.3) is 17.0 Å². The quantitative estimate of drug-likeness (QED) is 0.383. The van der Waals surface area contributed by atoms with Gasteiger partial charge in [-0.3, -0.25) is 24.2 Å². The van der Waals surface area contributed by atoms with Gasteiger partial charge in [0, 0.05) is 20.1 Å². The highest BCUT2D eigenvalue weighted by Crippen LogP contribution is 2.32. The number of rotatable bonds is 7. The van der Waals surface area contributed by atoms with E-state index >= 15 is 0 Å². The molecule has 1 aromatic heterocycles. The Labute approximate surface area is 202 Å². The Balaban J connectivity index is 1.71. The van der Waals surface area contributed by atoms with Crippen molar-refractivity contribution in [1.82, 2.24) is 14.7 Å². The van der Waals surface area contributed by atoms with Crippen LogP contribution in [0.5, 0.6) is 5.75 Å². The van der Waals surface area contributed by atoms with E-state index < -0.39 is 11.1 Å². The van der Waals surface area contributed by atoms with Crippen molar-refractivity contribution in [2.45, 2.75) is 19.4 Å². The van der Waals surface area contributed by atoms with Crippen LogP contribution in [-0.4, -0.2) is 52.0 Å². The van der Waals surface area contributed by atoms with Crippen LogP contribution in [0.25, 0.3) is 0 Å². The number of benzene rings is 2. The molecule has 1 amide bonds. The Bertz CT molecular complexity index is 1310. The van der Waals surface area contributed by atoms with Gasteiger partial charge in [0.1, 0.15) is 11.4 Å². The number of ether oxygens (including phenoxy) is 1. The molecule has 1 fully saturated rings. The van der Waals surface area contributed by atoms with Gasteiger partial charge in [-0.2, -0.15) is 0 Å². The molecule has 2 heterocycles. The number of aromatic hydroxyl groups is 1. The summed E-state index contributed by atoms with van der Waals surface area (Å²) in [5, 5.41) is 19.5. The summed E-state index contributed by atoms with van der Waals surface area (Å²) in [6.07, 6.45) is 0.661. The molecule has 0 radical (unpaired) electrons. The van der Waals surface area contributed by atoms with E-state index in [1.165, 1.54) is 13.1 Å². The maximum absolute atomic E-state index is 13.0. The van der Waals surface area contributed by atoms with Gasteiger partial charge in [-0.15, -0.1) is 0 Å². The van der Waals surface area contributed by atoms with Crippen molar-refractivity contribution in [3.8, 4) is 5.75 Å². The topological polar surface area (TPSA) is 129 Å². The van der Waals surface area contributed by atoms with Crippen molar-refractivity contribution in [2.24, 2.45) is 7.05 Å². The fourth-order valence-corrected chi connectivity index (χ4v) is 4.07. The van der Waals surface area contributed by atoms with Crippen molar-refractivity contribution in [1.29, 1.82) is 0 Å². The van der Waals surface area contributed by atoms with Gasteiger partial charge in [-0.05, 0) is 24.1 Å². The Hall–Kier alpha value is -4.05. The molecule has 184 valence electrons. The molecule has 0 unspecified atom stereocenters. The number of aromatic nitrogens is 2. The molecule has 10 nitrogen and oxygen atoms in total. The number of para-hydroxylation sites is 1. The summed E-state index contributed by atoms with van der Waals surface area (Å²) in [4.78, 5) is 40.5. The van der Waals surface area contributed by atoms with E-state index in [1.807, 2.05) is 37.3 Å². The van der Waals surface area contributed by atoms with Crippen molar-refractivity contribution in [3.63, 3.8) is 0 Å². The summed E-state index contributed by atoms with van der Waals surface area (Å²) >= 11 is 0. The molecular formula is C25H29N5O5. The van der Waals surface area contributed by atoms with Crippen LogP contribution >= 0.6 is 0 Å². The molecule has 1 aliphatic heterocycles. The summed E-state index contributed by atoms with van der Waals surface area (Å²) in [6, 6.07) is 14.0. The lowest BCUT2D eigenvalue weighted by atomic mass is 10.0. The lowest BCUT2D eigenvalue weighted by molar-refractivity contribution is 0.0301. The average Bonchev–Trinajstić information content (AvgIpc) is 2.88. The summed E-state index contributed by atoms with van der Waals surface area (Å²) in [6.45, 7) is 3.69. The van der Waals surface area contributed by atoms with Gasteiger partial charge in [-0.25, -0.2) is 0 Å². The number of hydrogen-bond donors (Lipinski definition) is 4. The van der Waals surface area contributed by atoms with Crippen molar-refractivity contribution >= 4 is 23.0 Å². The van der Waals surface area contributed by atoms with Crippen molar-refractivity contribution in [2.75, 3.05) is 36.9 Å². The van der Waals surface area contributed by atoms with Crippen molar-refractivity contribution in [3.05, 3.63) is 80.4 Å². The minimum absolute atomic E-state index is 0.0475. The lowest BCUT2D eigenvalue weighted by Gasteiger charge is -2.27. The first-order valence-electron chi connectivity index (χ1n) is 11.5. The van der Waals surface area contributed by atoms with Crippen LogP contribution in [0.2, 0.25) is 0 Å². The van der Waals surface area contributed by atoms with Gasteiger partial charge >= 0.3 is 0 Å². The summed E-state index contributed by atoms with van der Waals surface area (Å²) in [5.74, 6) is -0.633. The number of anilines is 3. The molecule has 10 heteroatoms. The predicted molar refractivity (Wildman–Crippen MR) is 134 cm³/mol. The molecular weight excluding hydrogens is 450 g/mol. The number of aromatic amines is 1. The highest BCUT2D eigenvalue weighted by Gasteiger charge is 2.24. The number of amides is 1. The number of hydrogen-bond acceptors (Lipinski definition) is 7. The Morgan fingerprint density at radius 3 is 2.49 bits per heavy atom. The zero-order valence-electron chi connectivity index (χ0n) is 19.7. The van der Waals surface area contributed by atoms with E-state index in [2.05, 4.69) is 15.7 Å². The molecule has 0 spiro atoms. The van der Waals surface area contributed by atoms with Crippen LogP contribution in [0.4, 0.5) is 17.1 Å². The summed E-state index contributed by atoms with van der Waals surface area (Å²) in [5.41, 5.74) is 0.221. The first-order valence-corrected chi connectivity index (χ1v) is 11.5. The number of carbonyl (C=O) groups excluding carboxylic acids is 1. The highest BCUT2D eigenvalue weighted by atomic mass is 16.5. The monoisotopic (exact) mass is 479 g/mol. The fourth-order valence-electron chi connectivity index (χ4n) is 4.07. The van der Waals surface area contributed by atoms with E-state index in [4.69, 9.17) is 4.74 Å². The molecule has 0 saturated carbocycles. The third-order valence-electron chi connectivity index (χ3n) is 6.02. The second-order valence-electron chi connectivity index (χ2n) is 8.30. The molecule has 4 N–H and O–H groups in total. The Morgan fingerprint density at radius 1 is 1.09 bits per heavy atom. The van der Waals surface area contributed by atoms with E-state index in [-0.39, 0.29) is 40.3 Å². The average molecular weight is 480 g/mol. The van der Waals surface area contributed by atoms with E-state index in [9.17, 15) is 19.5 Å². The second-order valence-corrected chi connectivity index (χ2v) is 8.30. The molecule has 3 aromatic rings. The van der Waals surface area contributed by atoms with Crippen LogP contribution in [0, 0.1) is 0 Å². The van der Waals surface area contributed by atoms with Gasteiger partial charge in [0.2, 0.25) is 0 Å². The van der Waals surface area contributed by atoms with E-state index in [1.54, 1.807) is 17.0 Å². The standard InChI is InChI=1S/C25H29N5O5/c1-3-18(16-8-5-4-6-9-16)26-21-20(23(32)28-29(2)25(21)34)27-19-11-7-10-17(22(19)31)24(33)30-12-14-35-15-13-30/h4-11,18,26-27,31H,3,12-15H2,1-2H3,(H,28,32)/t18-/m1/s1. The van der Waals surface area contributed by atoms with E-state index in [0.717, 1.165) is 10.2 Å². The zero-order chi connectivity index (χ0) is 24.9. The summed E-state index contributed by atoms with van der Waals surface area (Å²) < 4.78 is 6.40. The van der Waals surface area contributed by atoms with Gasteiger partial charge in [0.05, 0.1) is 30.5 Å². The van der Waals surface area contributed by atoms with E-state index in [0.29, 0.717) is 32.7 Å². The smallest absolute Gasteiger partial charge is 0.290 e. The van der Waals surface area contributed by atoms with Crippen molar-refractivity contribution < 1.29 is 14.6 Å². The minimum Gasteiger partial charge on any atom is -0.505 e. The molecule has 0 aliphatic carbocycles. The number of morpholine rings is 1. The number of nitrogens with one attached hydrogen (secondary N) is 3. The number of nitrogens with zero attached hydrogens (tertiary/aromatic N) is 2. The number of H-pyrrole nitrogens is 1. The fraction of sp³-hybridized carbons (Fsp3) is 0.320. The molecule has 0 bridgehead atoms. The molecule has 1 saturated heterocycles. The first kappa shape index (κ1) is 24.1. The normalized spacial score (nSPS) is 14.4. The van der Waals surface area contributed by atoms with Crippen LogP contribution in [0.15, 0.2) is 58.1 Å². The number of phenols is 1. The molecule has 2 aromatic carbocycles. The van der Waals surface area contributed by atoms with Gasteiger partial charge in [0.15, 0.2) is 5.75 Å². The third-order valence-corrected chi connectivity index (χ3v) is 6.02. The first-order chi connectivity index (χ1) is 16.9. The van der Waals surface area contributed by atoms with Crippen LogP contribution in [0.3, 0.4) is 0 Å².